The van der Waals surface area contributed by atoms with Gasteiger partial charge >= 0.3 is 6.03 Å². The zero-order chi connectivity index (χ0) is 19.1. The Balaban J connectivity index is 1.84. The molecule has 3 amide bonds. The summed E-state index contributed by atoms with van der Waals surface area (Å²) in [6.45, 7) is 5.15. The molecule has 1 saturated heterocycles. The molecule has 1 N–H and O–H groups in total. The van der Waals surface area contributed by atoms with Crippen molar-refractivity contribution in [3.8, 4) is 5.75 Å². The Hall–Kier alpha value is -2.67. The summed E-state index contributed by atoms with van der Waals surface area (Å²) in [6, 6.07) is 8.15. The molecule has 0 unspecified atom stereocenters. The second kappa shape index (κ2) is 6.57. The van der Waals surface area contributed by atoms with Gasteiger partial charge in [0.2, 0.25) is 0 Å². The van der Waals surface area contributed by atoms with Crippen LogP contribution in [0.3, 0.4) is 0 Å². The van der Waals surface area contributed by atoms with Gasteiger partial charge in [0.15, 0.2) is 5.78 Å². The highest BCUT2D eigenvalue weighted by Crippen LogP contribution is 2.30. The van der Waals surface area contributed by atoms with E-state index in [2.05, 4.69) is 5.32 Å². The number of thiophene rings is 1. The average Bonchev–Trinajstić information content (AvgIpc) is 3.06. The van der Waals surface area contributed by atoms with Crippen LogP contribution in [-0.2, 0) is 10.3 Å². The van der Waals surface area contributed by atoms with Gasteiger partial charge in [-0.25, -0.2) is 4.79 Å². The van der Waals surface area contributed by atoms with Crippen molar-refractivity contribution in [2.45, 2.75) is 26.3 Å². The Labute approximate surface area is 155 Å². The number of nitrogens with zero attached hydrogens (tertiary/aromatic N) is 1. The summed E-state index contributed by atoms with van der Waals surface area (Å²) in [4.78, 5) is 40.7. The highest BCUT2D eigenvalue weighted by atomic mass is 32.1. The molecule has 6 nitrogen and oxygen atoms in total. The van der Waals surface area contributed by atoms with E-state index in [0.717, 1.165) is 14.7 Å². The van der Waals surface area contributed by atoms with E-state index in [9.17, 15) is 14.4 Å². The predicted molar refractivity (Wildman–Crippen MR) is 98.7 cm³/mol. The van der Waals surface area contributed by atoms with Gasteiger partial charge in [0, 0.05) is 15.3 Å². The SMILES string of the molecule is COc1ccc([C@@]2(C)NC(=O)N(CC(=O)c3cc(C)sc3C)C2=O)cc1. The molecule has 2 heterocycles. The molecule has 0 radical (unpaired) electrons. The molecule has 1 aliphatic rings. The summed E-state index contributed by atoms with van der Waals surface area (Å²) in [6.07, 6.45) is 0. The Bertz CT molecular complexity index is 887. The molecule has 1 aliphatic heterocycles. The molecule has 26 heavy (non-hydrogen) atoms. The summed E-state index contributed by atoms with van der Waals surface area (Å²) in [5, 5.41) is 2.71. The van der Waals surface area contributed by atoms with Crippen molar-refractivity contribution >= 4 is 29.1 Å². The van der Waals surface area contributed by atoms with Crippen LogP contribution in [0.5, 0.6) is 5.75 Å². The first-order valence-corrected chi connectivity index (χ1v) is 8.97. The number of carbonyl (C=O) groups is 3. The Morgan fingerprint density at radius 3 is 2.42 bits per heavy atom. The minimum atomic E-state index is -1.21. The number of rotatable bonds is 5. The van der Waals surface area contributed by atoms with Crippen molar-refractivity contribution < 1.29 is 19.1 Å². The molecule has 3 rings (SSSR count). The Morgan fingerprint density at radius 1 is 1.23 bits per heavy atom. The molecular formula is C19H20N2O4S. The smallest absolute Gasteiger partial charge is 0.325 e. The van der Waals surface area contributed by atoms with Gasteiger partial charge in [-0.3, -0.25) is 14.5 Å². The van der Waals surface area contributed by atoms with Crippen molar-refractivity contribution in [2.24, 2.45) is 0 Å². The van der Waals surface area contributed by atoms with Crippen LogP contribution in [0.1, 0.15) is 32.6 Å². The van der Waals surface area contributed by atoms with Crippen LogP contribution in [0.25, 0.3) is 0 Å². The molecule has 1 aromatic carbocycles. The fourth-order valence-corrected chi connectivity index (χ4v) is 4.04. The number of hydrogen-bond donors (Lipinski definition) is 1. The van der Waals surface area contributed by atoms with Crippen molar-refractivity contribution in [2.75, 3.05) is 13.7 Å². The van der Waals surface area contributed by atoms with E-state index in [1.165, 1.54) is 11.3 Å². The van der Waals surface area contributed by atoms with Gasteiger partial charge in [0.05, 0.1) is 13.7 Å². The standard InChI is InChI=1S/C19H20N2O4S/c1-11-9-15(12(2)26-11)16(22)10-21-17(23)19(3,20-18(21)24)13-5-7-14(25-4)8-6-13/h5-9H,10H2,1-4H3,(H,20,24)/t19-/m1/s1. The van der Waals surface area contributed by atoms with Gasteiger partial charge in [-0.05, 0) is 44.5 Å². The summed E-state index contributed by atoms with van der Waals surface area (Å²) < 4.78 is 5.12. The second-order valence-corrected chi connectivity index (χ2v) is 7.89. The Kier molecular flexibility index (Phi) is 4.58. The fraction of sp³-hybridized carbons (Fsp3) is 0.316. The van der Waals surface area contributed by atoms with E-state index >= 15 is 0 Å². The first-order valence-electron chi connectivity index (χ1n) is 8.15. The lowest BCUT2D eigenvalue weighted by Gasteiger charge is -2.22. The number of amides is 3. The van der Waals surface area contributed by atoms with Gasteiger partial charge in [0.1, 0.15) is 11.3 Å². The highest BCUT2D eigenvalue weighted by molar-refractivity contribution is 7.12. The lowest BCUT2D eigenvalue weighted by molar-refractivity contribution is -0.130. The molecular weight excluding hydrogens is 352 g/mol. The van der Waals surface area contributed by atoms with E-state index in [4.69, 9.17) is 4.74 Å². The van der Waals surface area contributed by atoms with Crippen LogP contribution in [0.15, 0.2) is 30.3 Å². The summed E-state index contributed by atoms with van der Waals surface area (Å²) >= 11 is 1.52. The normalized spacial score (nSPS) is 19.6. The monoisotopic (exact) mass is 372 g/mol. The number of methoxy groups -OCH3 is 1. The first-order chi connectivity index (χ1) is 12.3. The van der Waals surface area contributed by atoms with Gasteiger partial charge in [0.25, 0.3) is 5.91 Å². The molecule has 1 atom stereocenters. The predicted octanol–water partition coefficient (Wildman–Crippen LogP) is 3.02. The van der Waals surface area contributed by atoms with Crippen molar-refractivity contribution in [1.82, 2.24) is 10.2 Å². The Morgan fingerprint density at radius 2 is 1.88 bits per heavy atom. The fourth-order valence-electron chi connectivity index (χ4n) is 3.10. The molecule has 0 spiro atoms. The molecule has 0 aliphatic carbocycles. The van der Waals surface area contributed by atoms with Gasteiger partial charge in [-0.15, -0.1) is 11.3 Å². The molecule has 1 fully saturated rings. The topological polar surface area (TPSA) is 75.7 Å². The average molecular weight is 372 g/mol. The number of benzene rings is 1. The molecule has 0 bridgehead atoms. The number of hydrogen-bond acceptors (Lipinski definition) is 5. The third kappa shape index (κ3) is 2.99. The van der Waals surface area contributed by atoms with Crippen LogP contribution in [0.2, 0.25) is 0 Å². The van der Waals surface area contributed by atoms with E-state index < -0.39 is 17.5 Å². The van der Waals surface area contributed by atoms with E-state index in [0.29, 0.717) is 16.9 Å². The maximum Gasteiger partial charge on any atom is 0.325 e. The third-order valence-electron chi connectivity index (χ3n) is 4.59. The third-order valence-corrected chi connectivity index (χ3v) is 5.55. The lowest BCUT2D eigenvalue weighted by Crippen LogP contribution is -2.41. The zero-order valence-electron chi connectivity index (χ0n) is 15.1. The van der Waals surface area contributed by atoms with Crippen LogP contribution in [-0.4, -0.2) is 36.3 Å². The quantitative estimate of drug-likeness (QED) is 0.647. The van der Waals surface area contributed by atoms with Gasteiger partial charge < -0.3 is 10.1 Å². The summed E-state index contributed by atoms with van der Waals surface area (Å²) in [5.41, 5.74) is -0.0104. The van der Waals surface area contributed by atoms with E-state index in [1.54, 1.807) is 44.4 Å². The highest BCUT2D eigenvalue weighted by Gasteiger charge is 2.49. The number of aryl methyl sites for hydroxylation is 2. The summed E-state index contributed by atoms with van der Waals surface area (Å²) in [5.74, 6) is -0.0237. The number of ether oxygens (including phenoxy) is 1. The summed E-state index contributed by atoms with van der Waals surface area (Å²) in [7, 11) is 1.56. The van der Waals surface area contributed by atoms with Crippen LogP contribution in [0.4, 0.5) is 4.79 Å². The van der Waals surface area contributed by atoms with Crippen LogP contribution < -0.4 is 10.1 Å². The van der Waals surface area contributed by atoms with Gasteiger partial charge in [-0.2, -0.15) is 0 Å². The van der Waals surface area contributed by atoms with Crippen molar-refractivity contribution in [3.05, 3.63) is 51.2 Å². The molecule has 0 saturated carbocycles. The van der Waals surface area contributed by atoms with E-state index in [-0.39, 0.29) is 12.3 Å². The number of ketones is 1. The zero-order valence-corrected chi connectivity index (χ0v) is 15.9. The maximum absolute atomic E-state index is 12.9. The number of carbonyl (C=O) groups excluding carboxylic acids is 3. The number of imide groups is 1. The van der Waals surface area contributed by atoms with Crippen LogP contribution >= 0.6 is 11.3 Å². The second-order valence-electron chi connectivity index (χ2n) is 6.43. The van der Waals surface area contributed by atoms with Crippen molar-refractivity contribution in [3.63, 3.8) is 0 Å². The van der Waals surface area contributed by atoms with Gasteiger partial charge in [-0.1, -0.05) is 12.1 Å². The first kappa shape index (κ1) is 18.1. The molecule has 2 aromatic rings. The largest absolute Gasteiger partial charge is 0.497 e. The minimum absolute atomic E-state index is 0.241. The maximum atomic E-state index is 12.9. The number of nitrogens with one attached hydrogen (secondary N) is 1. The van der Waals surface area contributed by atoms with E-state index in [1.807, 2.05) is 13.8 Å². The number of Topliss-reactive ketones (excluding diaryl/α,β-unsaturated/α-hetero) is 1. The van der Waals surface area contributed by atoms with Crippen LogP contribution in [0, 0.1) is 13.8 Å². The molecule has 1 aromatic heterocycles. The molecule has 7 heteroatoms. The lowest BCUT2D eigenvalue weighted by atomic mass is 9.92. The van der Waals surface area contributed by atoms with Crippen molar-refractivity contribution in [1.29, 1.82) is 0 Å². The minimum Gasteiger partial charge on any atom is -0.497 e. The number of urea groups is 1. The molecule has 136 valence electrons.